The smallest absolute Gasteiger partial charge is 0.340 e. The summed E-state index contributed by atoms with van der Waals surface area (Å²) in [5.74, 6) is -0.898. The lowest BCUT2D eigenvalue weighted by molar-refractivity contribution is 0.0595. The predicted molar refractivity (Wildman–Crippen MR) is 123 cm³/mol. The van der Waals surface area contributed by atoms with Crippen molar-refractivity contribution in [2.24, 2.45) is 7.05 Å². The van der Waals surface area contributed by atoms with Crippen LogP contribution in [0.5, 0.6) is 0 Å². The van der Waals surface area contributed by atoms with Gasteiger partial charge in [0.05, 0.1) is 19.2 Å². The molecule has 174 valence electrons. The van der Waals surface area contributed by atoms with E-state index in [0.717, 1.165) is 22.5 Å². The van der Waals surface area contributed by atoms with Crippen LogP contribution in [-0.2, 0) is 41.3 Å². The van der Waals surface area contributed by atoms with E-state index >= 15 is 0 Å². The van der Waals surface area contributed by atoms with Gasteiger partial charge in [0.1, 0.15) is 9.90 Å². The lowest BCUT2D eigenvalue weighted by Gasteiger charge is -2.27. The van der Waals surface area contributed by atoms with Crippen molar-refractivity contribution in [3.05, 3.63) is 69.4 Å². The van der Waals surface area contributed by atoms with Gasteiger partial charge in [-0.15, -0.1) is 11.3 Å². The summed E-state index contributed by atoms with van der Waals surface area (Å²) < 4.78 is 35.3. The molecule has 1 aliphatic rings. The van der Waals surface area contributed by atoms with Crippen molar-refractivity contribution in [1.82, 2.24) is 19.4 Å². The molecule has 0 saturated heterocycles. The molecule has 0 saturated carbocycles. The van der Waals surface area contributed by atoms with E-state index in [1.165, 1.54) is 11.8 Å². The maximum atomic E-state index is 13.2. The molecule has 0 aliphatic carbocycles. The molecule has 2 aromatic heterocycles. The second kappa shape index (κ2) is 9.08. The Morgan fingerprint density at radius 1 is 1.21 bits per heavy atom. The fourth-order valence-electron chi connectivity index (χ4n) is 3.75. The normalized spacial score (nSPS) is 13.6. The standard InChI is InChI=1S/C22H24N4O5S2/c1-14-4-6-15(7-5-14)12-24-33(29,30)22-19(21(28)31-3)16-9-11-26(13-18(16)32-22)20(27)17-8-10-23-25(17)2/h4-8,10,24H,9,11-13H2,1-3H3. The summed E-state index contributed by atoms with van der Waals surface area (Å²) in [6.45, 7) is 2.61. The Hall–Kier alpha value is -3.02. The zero-order valence-corrected chi connectivity index (χ0v) is 20.1. The molecule has 33 heavy (non-hydrogen) atoms. The number of thiophene rings is 1. The van der Waals surface area contributed by atoms with Gasteiger partial charge in [0.2, 0.25) is 0 Å². The minimum Gasteiger partial charge on any atom is -0.465 e. The van der Waals surface area contributed by atoms with Gasteiger partial charge in [0.25, 0.3) is 15.9 Å². The Bertz CT molecular complexity index is 1310. The maximum Gasteiger partial charge on any atom is 0.340 e. The summed E-state index contributed by atoms with van der Waals surface area (Å²) in [7, 11) is -1.07. The van der Waals surface area contributed by atoms with Gasteiger partial charge >= 0.3 is 5.97 Å². The highest BCUT2D eigenvalue weighted by molar-refractivity contribution is 7.91. The first-order valence-electron chi connectivity index (χ1n) is 10.3. The highest BCUT2D eigenvalue weighted by Crippen LogP contribution is 2.37. The van der Waals surface area contributed by atoms with Crippen molar-refractivity contribution in [1.29, 1.82) is 0 Å². The number of rotatable bonds is 6. The van der Waals surface area contributed by atoms with E-state index in [1.807, 2.05) is 31.2 Å². The molecule has 1 aliphatic heterocycles. The molecule has 1 aromatic carbocycles. The van der Waals surface area contributed by atoms with Crippen LogP contribution in [0.4, 0.5) is 0 Å². The van der Waals surface area contributed by atoms with Gasteiger partial charge in [-0.2, -0.15) is 5.10 Å². The number of carbonyl (C=O) groups is 2. The number of sulfonamides is 1. The predicted octanol–water partition coefficient (Wildman–Crippen LogP) is 2.25. The van der Waals surface area contributed by atoms with Gasteiger partial charge in [-0.25, -0.2) is 17.9 Å². The number of aryl methyl sites for hydroxylation is 2. The van der Waals surface area contributed by atoms with Crippen molar-refractivity contribution in [2.75, 3.05) is 13.7 Å². The van der Waals surface area contributed by atoms with Crippen molar-refractivity contribution in [2.45, 2.75) is 30.6 Å². The fourth-order valence-corrected chi connectivity index (χ4v) is 6.71. The third-order valence-corrected chi connectivity index (χ3v) is 8.71. The molecule has 4 rings (SSSR count). The van der Waals surface area contributed by atoms with Crippen LogP contribution >= 0.6 is 11.3 Å². The monoisotopic (exact) mass is 488 g/mol. The molecule has 11 heteroatoms. The fraction of sp³-hybridized carbons (Fsp3) is 0.318. The molecule has 0 unspecified atom stereocenters. The van der Waals surface area contributed by atoms with Crippen molar-refractivity contribution < 1.29 is 22.7 Å². The molecule has 9 nitrogen and oxygen atoms in total. The SMILES string of the molecule is COC(=O)c1c(S(=O)(=O)NCc2ccc(C)cc2)sc2c1CCN(C(=O)c1ccnn1C)C2. The Kier molecular flexibility index (Phi) is 6.37. The summed E-state index contributed by atoms with van der Waals surface area (Å²) in [6, 6.07) is 9.14. The number of carbonyl (C=O) groups excluding carboxylic acids is 2. The molecular weight excluding hydrogens is 464 g/mol. The van der Waals surface area contributed by atoms with Gasteiger partial charge in [0, 0.05) is 31.2 Å². The number of aromatic nitrogens is 2. The number of hydrogen-bond donors (Lipinski definition) is 1. The van der Waals surface area contributed by atoms with Crippen LogP contribution in [-0.4, -0.2) is 48.6 Å². The molecule has 1 amide bonds. The van der Waals surface area contributed by atoms with Gasteiger partial charge in [-0.3, -0.25) is 9.48 Å². The number of ether oxygens (including phenoxy) is 1. The average Bonchev–Trinajstić information content (AvgIpc) is 3.41. The molecule has 1 N–H and O–H groups in total. The summed E-state index contributed by atoms with van der Waals surface area (Å²) in [5, 5.41) is 4.03. The third kappa shape index (κ3) is 4.56. The highest BCUT2D eigenvalue weighted by atomic mass is 32.2. The van der Waals surface area contributed by atoms with E-state index in [1.54, 1.807) is 24.2 Å². The van der Waals surface area contributed by atoms with E-state index in [4.69, 9.17) is 4.74 Å². The summed E-state index contributed by atoms with van der Waals surface area (Å²) in [4.78, 5) is 27.8. The highest BCUT2D eigenvalue weighted by Gasteiger charge is 2.35. The Morgan fingerprint density at radius 3 is 2.58 bits per heavy atom. The molecule has 3 heterocycles. The molecule has 0 spiro atoms. The minimum atomic E-state index is -3.99. The van der Waals surface area contributed by atoms with Crippen LogP contribution in [0.1, 0.15) is 42.4 Å². The molecule has 0 bridgehead atoms. The number of fused-ring (bicyclic) bond motifs is 1. The molecule has 0 radical (unpaired) electrons. The Labute approximate surface area is 196 Å². The molecule has 0 fully saturated rings. The first kappa shape index (κ1) is 23.1. The van der Waals surface area contributed by atoms with E-state index in [-0.39, 0.29) is 28.8 Å². The van der Waals surface area contributed by atoms with E-state index < -0.39 is 16.0 Å². The number of amides is 1. The topological polar surface area (TPSA) is 111 Å². The number of hydrogen-bond acceptors (Lipinski definition) is 7. The second-order valence-corrected chi connectivity index (χ2v) is 10.9. The zero-order chi connectivity index (χ0) is 23.8. The zero-order valence-electron chi connectivity index (χ0n) is 18.5. The van der Waals surface area contributed by atoms with Crippen LogP contribution in [0, 0.1) is 6.92 Å². The van der Waals surface area contributed by atoms with E-state index in [0.29, 0.717) is 29.1 Å². The van der Waals surface area contributed by atoms with Crippen molar-refractivity contribution >= 4 is 33.2 Å². The maximum absolute atomic E-state index is 13.2. The minimum absolute atomic E-state index is 0.0570. The molecule has 0 atom stereocenters. The van der Waals surface area contributed by atoms with Crippen LogP contribution in [0.2, 0.25) is 0 Å². The third-order valence-electron chi connectivity index (χ3n) is 5.57. The van der Waals surface area contributed by atoms with E-state index in [2.05, 4.69) is 9.82 Å². The average molecular weight is 489 g/mol. The van der Waals surface area contributed by atoms with Crippen LogP contribution in [0.3, 0.4) is 0 Å². The summed E-state index contributed by atoms with van der Waals surface area (Å²) in [5.41, 5.74) is 3.00. The first-order chi connectivity index (χ1) is 15.7. The summed E-state index contributed by atoms with van der Waals surface area (Å²) in [6.07, 6.45) is 1.90. The molecular formula is C22H24N4O5S2. The Balaban J connectivity index is 1.63. The van der Waals surface area contributed by atoms with Crippen molar-refractivity contribution in [3.63, 3.8) is 0 Å². The molecule has 3 aromatic rings. The van der Waals surface area contributed by atoms with Crippen LogP contribution in [0.15, 0.2) is 40.7 Å². The Morgan fingerprint density at radius 2 is 1.94 bits per heavy atom. The second-order valence-electron chi connectivity index (χ2n) is 7.78. The van der Waals surface area contributed by atoms with Crippen LogP contribution < -0.4 is 4.72 Å². The summed E-state index contributed by atoms with van der Waals surface area (Å²) >= 11 is 1.01. The van der Waals surface area contributed by atoms with Gasteiger partial charge in [0.15, 0.2) is 0 Å². The van der Waals surface area contributed by atoms with Crippen LogP contribution in [0.25, 0.3) is 0 Å². The quantitative estimate of drug-likeness (QED) is 0.533. The largest absolute Gasteiger partial charge is 0.465 e. The van der Waals surface area contributed by atoms with Crippen molar-refractivity contribution in [3.8, 4) is 0 Å². The number of nitrogens with zero attached hydrogens (tertiary/aromatic N) is 3. The van der Waals surface area contributed by atoms with Gasteiger partial charge < -0.3 is 9.64 Å². The number of benzene rings is 1. The first-order valence-corrected chi connectivity index (χ1v) is 12.6. The lowest BCUT2D eigenvalue weighted by Crippen LogP contribution is -2.36. The van der Waals surface area contributed by atoms with E-state index in [9.17, 15) is 18.0 Å². The number of esters is 1. The number of methoxy groups -OCH3 is 1. The van der Waals surface area contributed by atoms with Gasteiger partial charge in [-0.05, 0) is 30.5 Å². The number of nitrogens with one attached hydrogen (secondary N) is 1. The lowest BCUT2D eigenvalue weighted by atomic mass is 10.0. The van der Waals surface area contributed by atoms with Gasteiger partial charge in [-0.1, -0.05) is 29.8 Å².